The summed E-state index contributed by atoms with van der Waals surface area (Å²) in [5, 5.41) is 6.15. The maximum atomic E-state index is 12.8. The Morgan fingerprint density at radius 1 is 0.875 bits per heavy atom. The van der Waals surface area contributed by atoms with Crippen LogP contribution in [-0.4, -0.2) is 37.8 Å². The summed E-state index contributed by atoms with van der Waals surface area (Å²) in [6, 6.07) is 23.7. The van der Waals surface area contributed by atoms with Crippen molar-refractivity contribution in [1.82, 2.24) is 4.31 Å². The highest BCUT2D eigenvalue weighted by Gasteiger charge is 2.27. The van der Waals surface area contributed by atoms with Gasteiger partial charge in [-0.1, -0.05) is 48.5 Å². The number of benzene rings is 3. The molecule has 1 amide bonds. The minimum absolute atomic E-state index is 0.206. The standard InChI is InChI=1S/C25H27N3O3S/c1-19(26-24-12-6-5-11-23(24)20-9-3-2-4-10-20)25(29)27-21-13-15-22(16-14-21)32(30,31)28-17-7-8-18-28/h2-6,9-16,19,26H,7-8,17-18H2,1H3,(H,27,29). The quantitative estimate of drug-likeness (QED) is 0.554. The normalized spacial score (nSPS) is 15.3. The fourth-order valence-electron chi connectivity index (χ4n) is 3.82. The van der Waals surface area contributed by atoms with Crippen LogP contribution >= 0.6 is 0 Å². The monoisotopic (exact) mass is 449 g/mol. The number of hydrogen-bond acceptors (Lipinski definition) is 4. The van der Waals surface area contributed by atoms with Crippen LogP contribution in [0.5, 0.6) is 0 Å². The highest BCUT2D eigenvalue weighted by Crippen LogP contribution is 2.28. The molecule has 1 aliphatic heterocycles. The molecule has 3 aromatic carbocycles. The van der Waals surface area contributed by atoms with Gasteiger partial charge in [0.05, 0.1) is 4.90 Å². The van der Waals surface area contributed by atoms with Gasteiger partial charge in [-0.2, -0.15) is 4.31 Å². The summed E-state index contributed by atoms with van der Waals surface area (Å²) in [6.45, 7) is 2.92. The zero-order valence-corrected chi connectivity index (χ0v) is 18.8. The lowest BCUT2D eigenvalue weighted by Gasteiger charge is -2.19. The summed E-state index contributed by atoms with van der Waals surface area (Å²) in [5.41, 5.74) is 3.51. The van der Waals surface area contributed by atoms with Crippen molar-refractivity contribution in [3.05, 3.63) is 78.9 Å². The van der Waals surface area contributed by atoms with Crippen LogP contribution in [0.4, 0.5) is 11.4 Å². The molecule has 1 saturated heterocycles. The van der Waals surface area contributed by atoms with Gasteiger partial charge in [0.2, 0.25) is 15.9 Å². The van der Waals surface area contributed by atoms with Crippen LogP contribution in [0.25, 0.3) is 11.1 Å². The Labute approximate surface area is 189 Å². The molecule has 0 saturated carbocycles. The van der Waals surface area contributed by atoms with E-state index in [0.29, 0.717) is 18.8 Å². The highest BCUT2D eigenvalue weighted by atomic mass is 32.2. The molecule has 3 aromatic rings. The molecule has 32 heavy (non-hydrogen) atoms. The van der Waals surface area contributed by atoms with Crippen LogP contribution in [-0.2, 0) is 14.8 Å². The second kappa shape index (κ2) is 9.54. The van der Waals surface area contributed by atoms with E-state index in [1.807, 2.05) is 54.6 Å². The first kappa shape index (κ1) is 22.0. The zero-order valence-electron chi connectivity index (χ0n) is 18.0. The van der Waals surface area contributed by atoms with Crippen LogP contribution in [0, 0.1) is 0 Å². The Morgan fingerprint density at radius 2 is 1.50 bits per heavy atom. The highest BCUT2D eigenvalue weighted by molar-refractivity contribution is 7.89. The number of rotatable bonds is 7. The van der Waals surface area contributed by atoms with Gasteiger partial charge < -0.3 is 10.6 Å². The summed E-state index contributed by atoms with van der Waals surface area (Å²) >= 11 is 0. The first-order valence-electron chi connectivity index (χ1n) is 10.8. The van der Waals surface area contributed by atoms with Gasteiger partial charge in [-0.25, -0.2) is 8.42 Å². The third-order valence-electron chi connectivity index (χ3n) is 5.60. The Morgan fingerprint density at radius 3 is 2.19 bits per heavy atom. The van der Waals surface area contributed by atoms with E-state index in [4.69, 9.17) is 0 Å². The molecular formula is C25H27N3O3S. The fraction of sp³-hybridized carbons (Fsp3) is 0.240. The zero-order chi connectivity index (χ0) is 22.6. The Hall–Kier alpha value is -3.16. The van der Waals surface area contributed by atoms with Gasteiger partial charge in [-0.05, 0) is 55.7 Å². The van der Waals surface area contributed by atoms with E-state index >= 15 is 0 Å². The lowest BCUT2D eigenvalue weighted by Crippen LogP contribution is -2.32. The van der Waals surface area contributed by atoms with E-state index in [2.05, 4.69) is 10.6 Å². The summed E-state index contributed by atoms with van der Waals surface area (Å²) in [4.78, 5) is 13.0. The van der Waals surface area contributed by atoms with Crippen molar-refractivity contribution in [3.63, 3.8) is 0 Å². The number of hydrogen-bond donors (Lipinski definition) is 2. The molecule has 1 unspecified atom stereocenters. The lowest BCUT2D eigenvalue weighted by atomic mass is 10.0. The number of anilines is 2. The molecule has 6 nitrogen and oxygen atoms in total. The van der Waals surface area contributed by atoms with E-state index in [1.165, 1.54) is 4.31 Å². The van der Waals surface area contributed by atoms with Crippen LogP contribution < -0.4 is 10.6 Å². The maximum Gasteiger partial charge on any atom is 0.246 e. The average Bonchev–Trinajstić information content (AvgIpc) is 3.36. The second-order valence-electron chi connectivity index (χ2n) is 7.90. The summed E-state index contributed by atoms with van der Waals surface area (Å²) in [7, 11) is -3.46. The van der Waals surface area contributed by atoms with Crippen molar-refractivity contribution in [2.75, 3.05) is 23.7 Å². The number of carbonyl (C=O) groups is 1. The number of sulfonamides is 1. The molecule has 1 atom stereocenters. The van der Waals surface area contributed by atoms with Gasteiger partial charge in [0.15, 0.2) is 0 Å². The SMILES string of the molecule is CC(Nc1ccccc1-c1ccccc1)C(=O)Nc1ccc(S(=O)(=O)N2CCCC2)cc1. The smallest absolute Gasteiger partial charge is 0.246 e. The van der Waals surface area contributed by atoms with Crippen LogP contribution in [0.2, 0.25) is 0 Å². The number of carbonyl (C=O) groups excluding carboxylic acids is 1. The summed E-state index contributed by atoms with van der Waals surface area (Å²) in [6.07, 6.45) is 1.79. The predicted molar refractivity (Wildman–Crippen MR) is 128 cm³/mol. The van der Waals surface area contributed by atoms with Gasteiger partial charge in [0.1, 0.15) is 6.04 Å². The number of para-hydroxylation sites is 1. The molecule has 0 radical (unpaired) electrons. The number of amides is 1. The second-order valence-corrected chi connectivity index (χ2v) is 9.84. The number of nitrogens with zero attached hydrogens (tertiary/aromatic N) is 1. The molecule has 4 rings (SSSR count). The summed E-state index contributed by atoms with van der Waals surface area (Å²) in [5.74, 6) is -0.206. The summed E-state index contributed by atoms with van der Waals surface area (Å²) < 4.78 is 26.8. The van der Waals surface area contributed by atoms with Gasteiger partial charge in [0.25, 0.3) is 0 Å². The molecule has 0 spiro atoms. The van der Waals surface area contributed by atoms with Gasteiger partial charge in [-0.15, -0.1) is 0 Å². The number of nitrogens with one attached hydrogen (secondary N) is 2. The van der Waals surface area contributed by atoms with E-state index in [0.717, 1.165) is 29.7 Å². The van der Waals surface area contributed by atoms with Crippen molar-refractivity contribution >= 4 is 27.3 Å². The molecule has 7 heteroatoms. The van der Waals surface area contributed by atoms with Gasteiger partial charge in [-0.3, -0.25) is 4.79 Å². The van der Waals surface area contributed by atoms with Crippen LogP contribution in [0.15, 0.2) is 83.8 Å². The molecular weight excluding hydrogens is 422 g/mol. The van der Waals surface area contributed by atoms with Crippen molar-refractivity contribution in [1.29, 1.82) is 0 Å². The molecule has 1 aliphatic rings. The fourth-order valence-corrected chi connectivity index (χ4v) is 5.33. The van der Waals surface area contributed by atoms with Crippen LogP contribution in [0.3, 0.4) is 0 Å². The molecule has 0 aliphatic carbocycles. The molecule has 0 aromatic heterocycles. The van der Waals surface area contributed by atoms with E-state index in [-0.39, 0.29) is 10.8 Å². The van der Waals surface area contributed by atoms with Crippen LogP contribution in [0.1, 0.15) is 19.8 Å². The van der Waals surface area contributed by atoms with E-state index in [9.17, 15) is 13.2 Å². The van der Waals surface area contributed by atoms with E-state index < -0.39 is 16.1 Å². The Kier molecular flexibility index (Phi) is 6.58. The van der Waals surface area contributed by atoms with Crippen molar-refractivity contribution in [3.8, 4) is 11.1 Å². The lowest BCUT2D eigenvalue weighted by molar-refractivity contribution is -0.116. The first-order valence-corrected chi connectivity index (χ1v) is 12.2. The average molecular weight is 450 g/mol. The molecule has 166 valence electrons. The predicted octanol–water partition coefficient (Wildman–Crippen LogP) is 4.58. The van der Waals surface area contributed by atoms with E-state index in [1.54, 1.807) is 31.2 Å². The molecule has 1 fully saturated rings. The topological polar surface area (TPSA) is 78.5 Å². The van der Waals surface area contributed by atoms with Crippen molar-refractivity contribution in [2.45, 2.75) is 30.7 Å². The third-order valence-corrected chi connectivity index (χ3v) is 7.51. The minimum Gasteiger partial charge on any atom is -0.373 e. The molecule has 1 heterocycles. The van der Waals surface area contributed by atoms with Gasteiger partial charge >= 0.3 is 0 Å². The van der Waals surface area contributed by atoms with Gasteiger partial charge in [0, 0.05) is 30.0 Å². The molecule has 2 N–H and O–H groups in total. The first-order chi connectivity index (χ1) is 15.4. The minimum atomic E-state index is -3.46. The maximum absolute atomic E-state index is 12.8. The Balaban J connectivity index is 1.43. The van der Waals surface area contributed by atoms with Crippen molar-refractivity contribution in [2.24, 2.45) is 0 Å². The third kappa shape index (κ3) is 4.84. The largest absolute Gasteiger partial charge is 0.373 e. The Bertz CT molecular complexity index is 1170. The molecule has 0 bridgehead atoms. The van der Waals surface area contributed by atoms with Crippen molar-refractivity contribution < 1.29 is 13.2 Å².